The molecular formula is C25H19N5O5S. The number of phenolic OH excluding ortho intramolecular Hbond substituents is 2. The Balaban J connectivity index is 1.41. The second-order valence-corrected chi connectivity index (χ2v) is 8.89. The van der Waals surface area contributed by atoms with Crippen LogP contribution in [0.4, 0.5) is 5.69 Å². The molecule has 0 aliphatic carbocycles. The van der Waals surface area contributed by atoms with Gasteiger partial charge in [-0.05, 0) is 54.7 Å². The second kappa shape index (κ2) is 7.95. The van der Waals surface area contributed by atoms with E-state index in [1.807, 2.05) is 0 Å². The molecule has 180 valence electrons. The average molecular weight is 502 g/mol. The zero-order valence-electron chi connectivity index (χ0n) is 18.8. The van der Waals surface area contributed by atoms with E-state index in [9.17, 15) is 15.0 Å². The molecule has 1 spiro atoms. The van der Waals surface area contributed by atoms with Gasteiger partial charge in [0.1, 0.15) is 28.7 Å². The molecule has 0 amide bonds. The summed E-state index contributed by atoms with van der Waals surface area (Å²) >= 11 is 5.44. The summed E-state index contributed by atoms with van der Waals surface area (Å²) in [6, 6.07) is 14.5. The fourth-order valence-corrected chi connectivity index (χ4v) is 4.79. The Morgan fingerprint density at radius 3 is 2.36 bits per heavy atom. The smallest absolute Gasteiger partial charge is 0.340 e. The summed E-state index contributed by atoms with van der Waals surface area (Å²) in [7, 11) is 1.78. The summed E-state index contributed by atoms with van der Waals surface area (Å²) in [5, 5.41) is 34.6. The molecule has 1 aromatic heterocycles. The van der Waals surface area contributed by atoms with Crippen molar-refractivity contribution < 1.29 is 24.5 Å². The third-order valence-corrected chi connectivity index (χ3v) is 6.36. The molecule has 11 heteroatoms. The topological polar surface area (TPSA) is 131 Å². The number of fused-ring (bicyclic) bond motifs is 6. The number of nitrogens with zero attached hydrogens (tertiary/aromatic N) is 3. The number of esters is 1. The fraction of sp³-hybridized carbons (Fsp3) is 0.120. The lowest BCUT2D eigenvalue weighted by Gasteiger charge is -2.36. The second-order valence-electron chi connectivity index (χ2n) is 8.49. The molecular weight excluding hydrogens is 482 g/mol. The van der Waals surface area contributed by atoms with E-state index < -0.39 is 11.6 Å². The Kier molecular flexibility index (Phi) is 4.83. The van der Waals surface area contributed by atoms with Crippen LogP contribution in [0.5, 0.6) is 23.0 Å². The molecule has 2 aliphatic heterocycles. The molecule has 6 rings (SSSR count). The zero-order valence-corrected chi connectivity index (χ0v) is 19.7. The standard InChI is InChI=1S/C25H19N5O5S/c1-30-12-14(28-29-30)11-26-24(36)27-13-2-5-17-20(8-13)25(35-23(17)33)18-6-3-15(31)9-21(18)34-22-10-16(32)4-7-19(22)25/h2-10,12,31-32H,11H2,1H3,(H2,26,27,36). The van der Waals surface area contributed by atoms with E-state index in [4.69, 9.17) is 21.7 Å². The first-order chi connectivity index (χ1) is 17.3. The molecule has 0 saturated heterocycles. The minimum atomic E-state index is -1.34. The van der Waals surface area contributed by atoms with Gasteiger partial charge in [0.25, 0.3) is 0 Å². The van der Waals surface area contributed by atoms with Crippen LogP contribution in [0.3, 0.4) is 0 Å². The van der Waals surface area contributed by atoms with Crippen molar-refractivity contribution in [2.75, 3.05) is 5.32 Å². The number of carbonyl (C=O) groups excluding carboxylic acids is 1. The molecule has 0 fully saturated rings. The lowest BCUT2D eigenvalue weighted by Crippen LogP contribution is -2.33. The van der Waals surface area contributed by atoms with Gasteiger partial charge in [-0.25, -0.2) is 4.79 Å². The van der Waals surface area contributed by atoms with Gasteiger partial charge in [0.15, 0.2) is 10.7 Å². The molecule has 0 radical (unpaired) electrons. The first-order valence-electron chi connectivity index (χ1n) is 11.0. The molecule has 2 aliphatic rings. The van der Waals surface area contributed by atoms with Crippen LogP contribution in [0.1, 0.15) is 32.7 Å². The third kappa shape index (κ3) is 3.40. The van der Waals surface area contributed by atoms with Gasteiger partial charge in [-0.2, -0.15) is 0 Å². The summed E-state index contributed by atoms with van der Waals surface area (Å²) in [6.07, 6.45) is 1.79. The first-order valence-corrected chi connectivity index (χ1v) is 11.4. The number of anilines is 1. The van der Waals surface area contributed by atoms with E-state index in [1.165, 1.54) is 24.3 Å². The normalized spacial score (nSPS) is 14.3. The highest BCUT2D eigenvalue weighted by Crippen LogP contribution is 2.57. The van der Waals surface area contributed by atoms with Gasteiger partial charge in [-0.3, -0.25) is 4.68 Å². The predicted octanol–water partition coefficient (Wildman–Crippen LogP) is 3.28. The van der Waals surface area contributed by atoms with Crippen LogP contribution in [-0.4, -0.2) is 36.3 Å². The lowest BCUT2D eigenvalue weighted by atomic mass is 9.77. The number of hydrogen-bond donors (Lipinski definition) is 4. The van der Waals surface area contributed by atoms with E-state index in [-0.39, 0.29) is 11.5 Å². The van der Waals surface area contributed by atoms with E-state index in [0.717, 1.165) is 5.69 Å². The number of aromatic nitrogens is 3. The predicted molar refractivity (Wildman–Crippen MR) is 132 cm³/mol. The third-order valence-electron chi connectivity index (χ3n) is 6.11. The van der Waals surface area contributed by atoms with Crippen molar-refractivity contribution in [3.8, 4) is 23.0 Å². The van der Waals surface area contributed by atoms with E-state index in [2.05, 4.69) is 20.9 Å². The summed E-state index contributed by atoms with van der Waals surface area (Å²) in [6.45, 7) is 0.390. The van der Waals surface area contributed by atoms with Gasteiger partial charge in [0.05, 0.1) is 12.1 Å². The summed E-state index contributed by atoms with van der Waals surface area (Å²) in [4.78, 5) is 13.1. The van der Waals surface area contributed by atoms with Gasteiger partial charge < -0.3 is 30.3 Å². The number of thiocarbonyl (C=S) groups is 1. The van der Waals surface area contributed by atoms with Crippen molar-refractivity contribution in [2.45, 2.75) is 12.1 Å². The summed E-state index contributed by atoms with van der Waals surface area (Å²) in [5.41, 5.74) is 2.08. The number of rotatable bonds is 3. The first kappa shape index (κ1) is 21.9. The van der Waals surface area contributed by atoms with Crippen LogP contribution < -0.4 is 15.4 Å². The summed E-state index contributed by atoms with van der Waals surface area (Å²) in [5.74, 6) is 0.111. The number of carbonyl (C=O) groups is 1. The van der Waals surface area contributed by atoms with Gasteiger partial charge >= 0.3 is 5.97 Å². The van der Waals surface area contributed by atoms with Crippen LogP contribution in [0.15, 0.2) is 60.8 Å². The monoisotopic (exact) mass is 501 g/mol. The van der Waals surface area contributed by atoms with Crippen LogP contribution >= 0.6 is 12.2 Å². The molecule has 4 aromatic rings. The van der Waals surface area contributed by atoms with Crippen molar-refractivity contribution in [3.05, 3.63) is 88.7 Å². The number of hydrogen-bond acceptors (Lipinski definition) is 8. The number of aryl methyl sites for hydroxylation is 1. The van der Waals surface area contributed by atoms with Crippen LogP contribution in [-0.2, 0) is 23.9 Å². The van der Waals surface area contributed by atoms with Gasteiger partial charge in [-0.15, -0.1) is 5.10 Å². The highest BCUT2D eigenvalue weighted by Gasteiger charge is 2.53. The molecule has 3 aromatic carbocycles. The highest BCUT2D eigenvalue weighted by molar-refractivity contribution is 7.80. The molecule has 0 saturated carbocycles. The van der Waals surface area contributed by atoms with Crippen LogP contribution in [0.2, 0.25) is 0 Å². The molecule has 0 bridgehead atoms. The Hall–Kier alpha value is -4.64. The number of ether oxygens (including phenoxy) is 2. The highest BCUT2D eigenvalue weighted by atomic mass is 32.1. The van der Waals surface area contributed by atoms with Crippen molar-refractivity contribution in [1.82, 2.24) is 20.3 Å². The zero-order chi connectivity index (χ0) is 25.0. The van der Waals surface area contributed by atoms with Crippen LogP contribution in [0.25, 0.3) is 0 Å². The summed E-state index contributed by atoms with van der Waals surface area (Å²) < 4.78 is 13.7. The van der Waals surface area contributed by atoms with E-state index >= 15 is 0 Å². The Labute approximate surface area is 210 Å². The largest absolute Gasteiger partial charge is 0.508 e. The van der Waals surface area contributed by atoms with Crippen molar-refractivity contribution in [3.63, 3.8) is 0 Å². The molecule has 3 heterocycles. The Morgan fingerprint density at radius 1 is 1.03 bits per heavy atom. The van der Waals surface area contributed by atoms with E-state index in [1.54, 1.807) is 48.3 Å². The van der Waals surface area contributed by atoms with Gasteiger partial charge in [-0.1, -0.05) is 5.21 Å². The molecule has 0 unspecified atom stereocenters. The average Bonchev–Trinajstić information content (AvgIpc) is 3.38. The van der Waals surface area contributed by atoms with E-state index in [0.29, 0.717) is 51.1 Å². The Morgan fingerprint density at radius 2 is 1.72 bits per heavy atom. The maximum atomic E-state index is 13.1. The van der Waals surface area contributed by atoms with Crippen LogP contribution in [0, 0.1) is 0 Å². The minimum absolute atomic E-state index is 0.00741. The molecule has 0 atom stereocenters. The number of nitrogens with one attached hydrogen (secondary N) is 2. The lowest BCUT2D eigenvalue weighted by molar-refractivity contribution is 0.0224. The molecule has 10 nitrogen and oxygen atoms in total. The minimum Gasteiger partial charge on any atom is -0.508 e. The van der Waals surface area contributed by atoms with Crippen molar-refractivity contribution in [1.29, 1.82) is 0 Å². The number of benzene rings is 3. The Bertz CT molecular complexity index is 1510. The number of phenols is 2. The quantitative estimate of drug-likeness (QED) is 0.245. The SMILES string of the molecule is Cn1cc(CNC(=S)Nc2ccc3c(c2)C2(OC3=O)c3ccc(O)cc3Oc3cc(O)ccc32)nn1. The number of aromatic hydroxyl groups is 2. The maximum Gasteiger partial charge on any atom is 0.340 e. The molecule has 36 heavy (non-hydrogen) atoms. The van der Waals surface area contributed by atoms with Crippen molar-refractivity contribution >= 4 is 29.0 Å². The fourth-order valence-electron chi connectivity index (χ4n) is 4.60. The van der Waals surface area contributed by atoms with Crippen molar-refractivity contribution in [2.24, 2.45) is 7.05 Å². The van der Waals surface area contributed by atoms with Gasteiger partial charge in [0.2, 0.25) is 0 Å². The molecule has 4 N–H and O–H groups in total. The maximum absolute atomic E-state index is 13.1. The van der Waals surface area contributed by atoms with Gasteiger partial charge in [0, 0.05) is 47.8 Å².